The third kappa shape index (κ3) is 2.89. The number of hydrogen-bond donors (Lipinski definition) is 0. The third-order valence-electron chi connectivity index (χ3n) is 1.84. The van der Waals surface area contributed by atoms with E-state index < -0.39 is 5.92 Å². The maximum atomic E-state index is 8.66. The van der Waals surface area contributed by atoms with Crippen LogP contribution in [0.3, 0.4) is 0 Å². The first-order chi connectivity index (χ1) is 7.17. The highest BCUT2D eigenvalue weighted by Gasteiger charge is 2.09. The summed E-state index contributed by atoms with van der Waals surface area (Å²) in [6.45, 7) is 3.52. The lowest BCUT2D eigenvalue weighted by Crippen LogP contribution is -2.05. The summed E-state index contributed by atoms with van der Waals surface area (Å²) in [7, 11) is 0. The van der Waals surface area contributed by atoms with Gasteiger partial charge in [-0.1, -0.05) is 6.07 Å². The molecule has 4 heteroatoms. The molecule has 0 aliphatic carbocycles. The van der Waals surface area contributed by atoms with Gasteiger partial charge in [0.15, 0.2) is 11.7 Å². The summed E-state index contributed by atoms with van der Waals surface area (Å²) in [5, 5.41) is 17.3. The van der Waals surface area contributed by atoms with Crippen LogP contribution in [0.4, 0.5) is 5.82 Å². The summed E-state index contributed by atoms with van der Waals surface area (Å²) in [6.07, 6.45) is 0. The summed E-state index contributed by atoms with van der Waals surface area (Å²) in [6, 6.07) is 9.17. The van der Waals surface area contributed by atoms with E-state index in [-0.39, 0.29) is 0 Å². The molecular weight excluding hydrogens is 188 g/mol. The van der Waals surface area contributed by atoms with Gasteiger partial charge in [0, 0.05) is 11.4 Å². The standard InChI is InChI=1S/C11H10N4/c1-8-4-3-5-11(14-8)15-9(2)10(6-12)7-13/h3-5,10H,1-2H3. The molecule has 0 saturated heterocycles. The van der Waals surface area contributed by atoms with Crippen LogP contribution < -0.4 is 0 Å². The summed E-state index contributed by atoms with van der Waals surface area (Å²) < 4.78 is 0. The Morgan fingerprint density at radius 2 is 2.07 bits per heavy atom. The van der Waals surface area contributed by atoms with Gasteiger partial charge in [0.25, 0.3) is 0 Å². The average Bonchev–Trinajstić information content (AvgIpc) is 2.19. The van der Waals surface area contributed by atoms with Crippen molar-refractivity contribution in [3.05, 3.63) is 23.9 Å². The number of aryl methyl sites for hydroxylation is 1. The van der Waals surface area contributed by atoms with Gasteiger partial charge in [-0.2, -0.15) is 10.5 Å². The molecular formula is C11H10N4. The molecule has 0 unspecified atom stereocenters. The van der Waals surface area contributed by atoms with Gasteiger partial charge < -0.3 is 0 Å². The molecule has 0 spiro atoms. The maximum absolute atomic E-state index is 8.66. The minimum absolute atomic E-state index is 0.470. The van der Waals surface area contributed by atoms with E-state index in [9.17, 15) is 0 Å². The fourth-order valence-electron chi connectivity index (χ4n) is 1.05. The molecule has 0 amide bonds. The highest BCUT2D eigenvalue weighted by atomic mass is 14.9. The van der Waals surface area contributed by atoms with E-state index in [0.717, 1.165) is 5.69 Å². The average molecular weight is 198 g/mol. The Labute approximate surface area is 88.5 Å². The van der Waals surface area contributed by atoms with Gasteiger partial charge in [-0.3, -0.25) is 0 Å². The van der Waals surface area contributed by atoms with Gasteiger partial charge in [-0.05, 0) is 26.0 Å². The first-order valence-electron chi connectivity index (χ1n) is 4.45. The Hall–Kier alpha value is -2.20. The molecule has 1 rings (SSSR count). The smallest absolute Gasteiger partial charge is 0.170 e. The number of aromatic nitrogens is 1. The van der Waals surface area contributed by atoms with Crippen LogP contribution in [-0.4, -0.2) is 10.7 Å². The summed E-state index contributed by atoms with van der Waals surface area (Å²) in [5.74, 6) is -0.268. The summed E-state index contributed by atoms with van der Waals surface area (Å²) in [5.41, 5.74) is 1.33. The molecule has 1 aromatic rings. The van der Waals surface area contributed by atoms with Crippen LogP contribution >= 0.6 is 0 Å². The minimum Gasteiger partial charge on any atom is -0.236 e. The Kier molecular flexibility index (Phi) is 3.54. The zero-order chi connectivity index (χ0) is 11.3. The van der Waals surface area contributed by atoms with Crippen molar-refractivity contribution >= 4 is 11.5 Å². The maximum Gasteiger partial charge on any atom is 0.170 e. The molecule has 0 aliphatic heterocycles. The zero-order valence-electron chi connectivity index (χ0n) is 8.60. The summed E-state index contributed by atoms with van der Waals surface area (Å²) in [4.78, 5) is 8.28. The Morgan fingerprint density at radius 1 is 1.40 bits per heavy atom. The molecule has 1 aromatic heterocycles. The first kappa shape index (κ1) is 10.9. The molecule has 15 heavy (non-hydrogen) atoms. The second kappa shape index (κ2) is 4.88. The lowest BCUT2D eigenvalue weighted by atomic mass is 10.1. The van der Waals surface area contributed by atoms with E-state index in [1.54, 1.807) is 13.0 Å². The first-order valence-corrected chi connectivity index (χ1v) is 4.45. The van der Waals surface area contributed by atoms with Crippen LogP contribution in [0, 0.1) is 35.5 Å². The second-order valence-corrected chi connectivity index (χ2v) is 3.08. The fourth-order valence-corrected chi connectivity index (χ4v) is 1.05. The van der Waals surface area contributed by atoms with E-state index in [1.165, 1.54) is 0 Å². The van der Waals surface area contributed by atoms with Crippen LogP contribution in [0.1, 0.15) is 12.6 Å². The molecule has 0 aliphatic rings. The third-order valence-corrected chi connectivity index (χ3v) is 1.84. The lowest BCUT2D eigenvalue weighted by molar-refractivity contribution is 1.11. The Bertz CT molecular complexity index is 448. The fraction of sp³-hybridized carbons (Fsp3) is 0.273. The van der Waals surface area contributed by atoms with Crippen molar-refractivity contribution in [1.82, 2.24) is 4.98 Å². The number of pyridine rings is 1. The SMILES string of the molecule is CC(=Nc1cccc(C)n1)C(C#N)C#N. The Morgan fingerprint density at radius 3 is 2.60 bits per heavy atom. The van der Waals surface area contributed by atoms with E-state index in [2.05, 4.69) is 9.98 Å². The quantitative estimate of drug-likeness (QED) is 0.683. The van der Waals surface area contributed by atoms with Crippen molar-refractivity contribution in [2.45, 2.75) is 13.8 Å². The van der Waals surface area contributed by atoms with Gasteiger partial charge in [0.2, 0.25) is 0 Å². The van der Waals surface area contributed by atoms with E-state index in [4.69, 9.17) is 10.5 Å². The van der Waals surface area contributed by atoms with Crippen molar-refractivity contribution < 1.29 is 0 Å². The molecule has 0 radical (unpaired) electrons. The normalized spacial score (nSPS) is 10.9. The topological polar surface area (TPSA) is 72.8 Å². The molecule has 4 nitrogen and oxygen atoms in total. The van der Waals surface area contributed by atoms with Gasteiger partial charge in [0.05, 0.1) is 12.1 Å². The van der Waals surface area contributed by atoms with Gasteiger partial charge >= 0.3 is 0 Å². The molecule has 1 heterocycles. The van der Waals surface area contributed by atoms with Crippen LogP contribution in [-0.2, 0) is 0 Å². The van der Waals surface area contributed by atoms with Crippen LogP contribution in [0.2, 0.25) is 0 Å². The van der Waals surface area contributed by atoms with Crippen molar-refractivity contribution in [2.75, 3.05) is 0 Å². The van der Waals surface area contributed by atoms with E-state index in [0.29, 0.717) is 11.5 Å². The van der Waals surface area contributed by atoms with Crippen molar-refractivity contribution in [1.29, 1.82) is 10.5 Å². The zero-order valence-corrected chi connectivity index (χ0v) is 8.60. The second-order valence-electron chi connectivity index (χ2n) is 3.08. The number of nitriles is 2. The van der Waals surface area contributed by atoms with E-state index in [1.807, 2.05) is 31.2 Å². The molecule has 0 aromatic carbocycles. The minimum atomic E-state index is -0.799. The highest BCUT2D eigenvalue weighted by molar-refractivity contribution is 5.90. The largest absolute Gasteiger partial charge is 0.236 e. The van der Waals surface area contributed by atoms with Crippen molar-refractivity contribution in [2.24, 2.45) is 10.9 Å². The summed E-state index contributed by atoms with van der Waals surface area (Å²) >= 11 is 0. The van der Waals surface area contributed by atoms with E-state index >= 15 is 0 Å². The number of rotatable bonds is 2. The Balaban J connectivity index is 2.99. The predicted octanol–water partition coefficient (Wildman–Crippen LogP) is 2.15. The van der Waals surface area contributed by atoms with Crippen LogP contribution in [0.15, 0.2) is 23.2 Å². The number of hydrogen-bond acceptors (Lipinski definition) is 4. The molecule has 0 atom stereocenters. The van der Waals surface area contributed by atoms with Crippen LogP contribution in [0.25, 0.3) is 0 Å². The molecule has 74 valence electrons. The van der Waals surface area contributed by atoms with Gasteiger partial charge in [-0.15, -0.1) is 0 Å². The number of aliphatic imine (C=N–C) groups is 1. The van der Waals surface area contributed by atoms with Gasteiger partial charge in [-0.25, -0.2) is 9.98 Å². The molecule has 0 N–H and O–H groups in total. The molecule has 0 bridgehead atoms. The monoisotopic (exact) mass is 198 g/mol. The number of nitrogens with zero attached hydrogens (tertiary/aromatic N) is 4. The molecule has 0 saturated carbocycles. The lowest BCUT2D eigenvalue weighted by Gasteiger charge is -1.99. The van der Waals surface area contributed by atoms with Crippen molar-refractivity contribution in [3.63, 3.8) is 0 Å². The molecule has 0 fully saturated rings. The van der Waals surface area contributed by atoms with Crippen LogP contribution in [0.5, 0.6) is 0 Å². The van der Waals surface area contributed by atoms with Crippen molar-refractivity contribution in [3.8, 4) is 12.1 Å². The van der Waals surface area contributed by atoms with Gasteiger partial charge in [0.1, 0.15) is 0 Å². The highest BCUT2D eigenvalue weighted by Crippen LogP contribution is 2.10. The predicted molar refractivity (Wildman–Crippen MR) is 56.5 cm³/mol.